The van der Waals surface area contributed by atoms with Crippen LogP contribution in [0.25, 0.3) is 0 Å². The van der Waals surface area contributed by atoms with E-state index >= 15 is 0 Å². The molecule has 3 aromatic carbocycles. The van der Waals surface area contributed by atoms with E-state index in [0.29, 0.717) is 16.8 Å². The molecule has 0 saturated carbocycles. The quantitative estimate of drug-likeness (QED) is 0.104. The highest BCUT2D eigenvalue weighted by atomic mass is 35.7. The molecule has 226 valence electrons. The molecule has 0 radical (unpaired) electrons. The van der Waals surface area contributed by atoms with E-state index < -0.39 is 39.2 Å². The number of nitrogens with two attached hydrogens (primary N) is 3. The van der Waals surface area contributed by atoms with Crippen molar-refractivity contribution in [2.24, 2.45) is 10.3 Å². The Bertz CT molecular complexity index is 1710. The van der Waals surface area contributed by atoms with Gasteiger partial charge in [-0.25, -0.2) is 27.1 Å². The van der Waals surface area contributed by atoms with Crippen LogP contribution < -0.4 is 16.0 Å². The fourth-order valence-corrected chi connectivity index (χ4v) is 4.22. The third kappa shape index (κ3) is 15.6. The van der Waals surface area contributed by atoms with Crippen LogP contribution in [0.15, 0.2) is 70.5 Å². The lowest BCUT2D eigenvalue weighted by atomic mass is 10.2. The maximum Gasteiger partial charge on any atom is 0.353 e. The third-order valence-corrected chi connectivity index (χ3v) is 6.56. The van der Waals surface area contributed by atoms with Gasteiger partial charge in [-0.3, -0.25) is 24.8 Å². The Labute approximate surface area is 240 Å². The second kappa shape index (κ2) is 15.3. The van der Waals surface area contributed by atoms with Crippen LogP contribution in [-0.2, 0) is 29.4 Å². The summed E-state index contributed by atoms with van der Waals surface area (Å²) in [6, 6.07) is 14.6. The number of anilines is 1. The topological polar surface area (TPSA) is 287 Å². The summed E-state index contributed by atoms with van der Waals surface area (Å²) in [5, 5.41) is 30.3. The Balaban J connectivity index is 0.000000546. The van der Waals surface area contributed by atoms with Gasteiger partial charge in [-0.05, 0) is 44.0 Å². The monoisotopic (exact) mass is 655 g/mol. The van der Waals surface area contributed by atoms with Gasteiger partial charge < -0.3 is 5.73 Å². The van der Waals surface area contributed by atoms with Gasteiger partial charge in [0.05, 0.1) is 19.6 Å². The number of rotatable bonds is 4. The molecule has 0 heterocycles. The molecule has 16 nitrogen and oxygen atoms in total. The van der Waals surface area contributed by atoms with E-state index in [-0.39, 0.29) is 21.2 Å². The molecule has 0 unspecified atom stereocenters. The van der Waals surface area contributed by atoms with Gasteiger partial charge in [-0.15, -0.1) is 0 Å². The van der Waals surface area contributed by atoms with E-state index in [2.05, 4.69) is 10.7 Å². The molecule has 0 spiro atoms. The molecule has 7 N–H and O–H groups in total. The molecule has 3 aromatic rings. The molecule has 0 aliphatic heterocycles. The number of aryl methyl sites for hydroxylation is 3. The number of nitro benzene ring substituents is 2. The summed E-state index contributed by atoms with van der Waals surface area (Å²) in [6.45, 7) is 5.08. The van der Waals surface area contributed by atoms with Crippen LogP contribution >= 0.6 is 10.7 Å². The number of hydrogen-bond acceptors (Lipinski definition) is 11. The molecular formula is C21H26ClN5O11S3. The molecule has 3 rings (SSSR count). The van der Waals surface area contributed by atoms with Crippen molar-refractivity contribution in [3.8, 4) is 0 Å². The Hall–Kier alpha value is -3.72. The van der Waals surface area contributed by atoms with Gasteiger partial charge in [0.1, 0.15) is 0 Å². The highest BCUT2D eigenvalue weighted by Crippen LogP contribution is 2.20. The molecule has 0 aliphatic rings. The molecule has 0 atom stereocenters. The zero-order valence-corrected chi connectivity index (χ0v) is 24.7. The summed E-state index contributed by atoms with van der Waals surface area (Å²) < 4.78 is 69.0. The van der Waals surface area contributed by atoms with E-state index in [1.165, 1.54) is 37.3 Å². The largest absolute Gasteiger partial charge is 0.399 e. The number of nitrogen functional groups attached to an aromatic ring is 1. The number of primary sulfonamides is 2. The van der Waals surface area contributed by atoms with E-state index in [0.717, 1.165) is 11.6 Å². The van der Waals surface area contributed by atoms with Crippen molar-refractivity contribution in [2.75, 3.05) is 5.73 Å². The van der Waals surface area contributed by atoms with Gasteiger partial charge in [-0.1, -0.05) is 29.8 Å². The normalized spacial score (nSPS) is 10.9. The summed E-state index contributed by atoms with van der Waals surface area (Å²) in [6.07, 6.45) is 0. The van der Waals surface area contributed by atoms with Crippen molar-refractivity contribution in [2.45, 2.75) is 30.6 Å². The van der Waals surface area contributed by atoms with Crippen LogP contribution in [0.4, 0.5) is 17.1 Å². The van der Waals surface area contributed by atoms with Crippen molar-refractivity contribution < 1.29 is 39.7 Å². The van der Waals surface area contributed by atoms with Crippen molar-refractivity contribution in [3.05, 3.63) is 97.6 Å². The van der Waals surface area contributed by atoms with E-state index in [9.17, 15) is 37.1 Å². The molecule has 41 heavy (non-hydrogen) atoms. The minimum atomic E-state index is -4.19. The maximum atomic E-state index is 11.0. The molecule has 0 fully saturated rings. The predicted octanol–water partition coefficient (Wildman–Crippen LogP) is 2.71. The lowest BCUT2D eigenvalue weighted by Crippen LogP contribution is -2.13. The number of benzene rings is 3. The first-order chi connectivity index (χ1) is 18.4. The molecule has 20 heteroatoms. The summed E-state index contributed by atoms with van der Waals surface area (Å²) >= 11 is 0. The highest BCUT2D eigenvalue weighted by Gasteiger charge is 2.16. The van der Waals surface area contributed by atoms with Gasteiger partial charge in [0.15, 0.2) is 0 Å². The van der Waals surface area contributed by atoms with Crippen LogP contribution in [0.3, 0.4) is 0 Å². The number of nitrogens with zero attached hydrogens (tertiary/aromatic N) is 2. The second-order valence-electron chi connectivity index (χ2n) is 7.83. The van der Waals surface area contributed by atoms with Gasteiger partial charge in [-0.2, -0.15) is 8.42 Å². The number of halogens is 1. The molecule has 0 bridgehead atoms. The SMILES string of the molecule is Cc1ccc(N)cc1S(N)(=O)=O.Cc1ccc([N+](=O)[O-])cc1.Cc1ccc([N+](=O)[O-])cc1S(N)(=O)=O.O=S(=O)(O)Cl. The smallest absolute Gasteiger partial charge is 0.353 e. The lowest BCUT2D eigenvalue weighted by molar-refractivity contribution is -0.385. The molecule has 0 amide bonds. The first-order valence-electron chi connectivity index (χ1n) is 10.5. The zero-order valence-electron chi connectivity index (χ0n) is 21.5. The summed E-state index contributed by atoms with van der Waals surface area (Å²) in [5.74, 6) is 0. The van der Waals surface area contributed by atoms with E-state index in [1.807, 2.05) is 6.92 Å². The number of sulfonamides is 2. The average Bonchev–Trinajstić information content (AvgIpc) is 2.79. The highest BCUT2D eigenvalue weighted by molar-refractivity contribution is 8.09. The van der Waals surface area contributed by atoms with Crippen molar-refractivity contribution >= 4 is 57.1 Å². The average molecular weight is 656 g/mol. The maximum absolute atomic E-state index is 11.0. The van der Waals surface area contributed by atoms with Gasteiger partial charge in [0.25, 0.3) is 11.4 Å². The summed E-state index contributed by atoms with van der Waals surface area (Å²) in [7, 11) is -7.67. The lowest BCUT2D eigenvalue weighted by Gasteiger charge is -2.03. The number of non-ortho nitro benzene ring substituents is 2. The minimum absolute atomic E-state index is 0.0856. The first-order valence-corrected chi connectivity index (χ1v) is 15.8. The first kappa shape index (κ1) is 37.3. The zero-order chi connectivity index (χ0) is 32.3. The van der Waals surface area contributed by atoms with Gasteiger partial charge in [0, 0.05) is 40.6 Å². The van der Waals surface area contributed by atoms with Gasteiger partial charge in [0.2, 0.25) is 20.0 Å². The van der Waals surface area contributed by atoms with Crippen LogP contribution in [0.2, 0.25) is 0 Å². The molecule has 0 saturated heterocycles. The predicted molar refractivity (Wildman–Crippen MR) is 151 cm³/mol. The summed E-state index contributed by atoms with van der Waals surface area (Å²) in [5.41, 5.74) is 7.67. The van der Waals surface area contributed by atoms with Crippen LogP contribution in [0, 0.1) is 41.0 Å². The van der Waals surface area contributed by atoms with Crippen LogP contribution in [0.5, 0.6) is 0 Å². The second-order valence-corrected chi connectivity index (χ2v) is 12.9. The Kier molecular flexibility index (Phi) is 13.9. The van der Waals surface area contributed by atoms with E-state index in [4.69, 9.17) is 29.0 Å². The Morgan fingerprint density at radius 2 is 1.02 bits per heavy atom. The fourth-order valence-electron chi connectivity index (χ4n) is 2.60. The minimum Gasteiger partial charge on any atom is -0.399 e. The van der Waals surface area contributed by atoms with Crippen LogP contribution in [-0.4, -0.2) is 39.7 Å². The fraction of sp³-hybridized carbons (Fsp3) is 0.143. The summed E-state index contributed by atoms with van der Waals surface area (Å²) in [4.78, 5) is 19.3. The third-order valence-electron chi connectivity index (χ3n) is 4.45. The van der Waals surface area contributed by atoms with E-state index in [1.54, 1.807) is 31.2 Å². The van der Waals surface area contributed by atoms with Crippen molar-refractivity contribution in [1.29, 1.82) is 0 Å². The molecular weight excluding hydrogens is 630 g/mol. The van der Waals surface area contributed by atoms with Crippen molar-refractivity contribution in [3.63, 3.8) is 0 Å². The van der Waals surface area contributed by atoms with Crippen LogP contribution in [0.1, 0.15) is 16.7 Å². The number of hydrogen-bond donors (Lipinski definition) is 4. The Morgan fingerprint density at radius 3 is 1.37 bits per heavy atom. The van der Waals surface area contributed by atoms with Gasteiger partial charge >= 0.3 is 9.33 Å². The van der Waals surface area contributed by atoms with Crippen molar-refractivity contribution in [1.82, 2.24) is 0 Å². The number of nitro groups is 2. The molecule has 0 aliphatic carbocycles. The molecule has 0 aromatic heterocycles. The Morgan fingerprint density at radius 1 is 0.683 bits per heavy atom. The standard InChI is InChI=1S/C7H8N2O4S.C7H10N2O2S.C7H7NO2.ClHO3S/c1-5-2-3-6(9(10)11)4-7(5)14(8,12)13;1-5-2-3-6(8)4-7(5)12(9,10)11;1-6-2-4-7(5-3-6)8(9)10;1-5(2,3)4/h2-4H,1H3,(H2,8,12,13);2-4H,8H2,1H3,(H2,9,10,11);2-5H,1H3;(H,2,3,4).